The van der Waals surface area contributed by atoms with Gasteiger partial charge in [-0.05, 0) is 31.5 Å². The zero-order valence-corrected chi connectivity index (χ0v) is 9.66. The second kappa shape index (κ2) is 5.61. The van der Waals surface area contributed by atoms with Crippen molar-refractivity contribution >= 4 is 5.97 Å². The summed E-state index contributed by atoms with van der Waals surface area (Å²) in [7, 11) is 1.33. The van der Waals surface area contributed by atoms with Gasteiger partial charge in [0.2, 0.25) is 0 Å². The summed E-state index contributed by atoms with van der Waals surface area (Å²) in [5.74, 6) is -0.697. The second-order valence-electron chi connectivity index (χ2n) is 3.83. The molecule has 0 spiro atoms. The van der Waals surface area contributed by atoms with Crippen LogP contribution in [0.15, 0.2) is 24.3 Å². The lowest BCUT2D eigenvalue weighted by atomic mass is 10.1. The van der Waals surface area contributed by atoms with E-state index in [0.29, 0.717) is 5.56 Å². The summed E-state index contributed by atoms with van der Waals surface area (Å²) in [4.78, 5) is 11.6. The van der Waals surface area contributed by atoms with Gasteiger partial charge in [0.05, 0.1) is 7.11 Å². The molecule has 0 radical (unpaired) electrons. The number of methoxy groups -OCH3 is 1. The third-order valence-electron chi connectivity index (χ3n) is 2.14. The Morgan fingerprint density at radius 1 is 1.31 bits per heavy atom. The summed E-state index contributed by atoms with van der Waals surface area (Å²) in [5.41, 5.74) is 0.696. The lowest BCUT2D eigenvalue weighted by molar-refractivity contribution is -0.143. The molecule has 0 aromatic heterocycles. The number of carbonyl (C=O) groups is 1. The summed E-state index contributed by atoms with van der Waals surface area (Å²) in [5, 5.41) is 3.07. The molecule has 0 fully saturated rings. The molecule has 0 amide bonds. The lowest BCUT2D eigenvalue weighted by Gasteiger charge is -2.19. The van der Waals surface area contributed by atoms with Crippen molar-refractivity contribution < 1.29 is 13.9 Å². The van der Waals surface area contributed by atoms with Crippen molar-refractivity contribution in [3.8, 4) is 0 Å². The first kappa shape index (κ1) is 12.6. The van der Waals surface area contributed by atoms with Gasteiger partial charge in [0, 0.05) is 6.04 Å². The molecule has 0 aliphatic rings. The first-order valence-corrected chi connectivity index (χ1v) is 5.14. The molecule has 1 N–H and O–H groups in total. The highest BCUT2D eigenvalue weighted by atomic mass is 19.1. The Kier molecular flexibility index (Phi) is 4.43. The largest absolute Gasteiger partial charge is 0.468 e. The molecule has 0 saturated carbocycles. The molecular formula is C12H16FNO2. The van der Waals surface area contributed by atoms with Gasteiger partial charge in [-0.25, -0.2) is 9.18 Å². The fourth-order valence-corrected chi connectivity index (χ4v) is 1.41. The Morgan fingerprint density at radius 3 is 2.31 bits per heavy atom. The van der Waals surface area contributed by atoms with Crippen LogP contribution in [0.25, 0.3) is 0 Å². The van der Waals surface area contributed by atoms with E-state index in [-0.39, 0.29) is 17.8 Å². The first-order chi connectivity index (χ1) is 7.54. The molecule has 0 aliphatic heterocycles. The van der Waals surface area contributed by atoms with Crippen molar-refractivity contribution in [3.63, 3.8) is 0 Å². The summed E-state index contributed by atoms with van der Waals surface area (Å²) < 4.78 is 17.5. The average molecular weight is 225 g/mol. The summed E-state index contributed by atoms with van der Waals surface area (Å²) >= 11 is 0. The highest BCUT2D eigenvalue weighted by Crippen LogP contribution is 2.15. The predicted octanol–water partition coefficient (Wildman–Crippen LogP) is 2.04. The summed E-state index contributed by atoms with van der Waals surface area (Å²) in [6.07, 6.45) is 0. The number of hydrogen-bond acceptors (Lipinski definition) is 3. The normalized spacial score (nSPS) is 12.6. The summed E-state index contributed by atoms with van der Waals surface area (Å²) in [6, 6.07) is 5.39. The maximum Gasteiger partial charge on any atom is 0.327 e. The standard InChI is InChI=1S/C12H16FNO2/c1-8(2)14-11(12(15)16-3)9-4-6-10(13)7-5-9/h4-8,11,14H,1-3H3. The fraction of sp³-hybridized carbons (Fsp3) is 0.417. The van der Waals surface area contributed by atoms with E-state index in [0.717, 1.165) is 0 Å². The van der Waals surface area contributed by atoms with Crippen LogP contribution in [0, 0.1) is 5.82 Å². The Morgan fingerprint density at radius 2 is 1.88 bits per heavy atom. The molecule has 0 aliphatic carbocycles. The van der Waals surface area contributed by atoms with Crippen LogP contribution in [0.1, 0.15) is 25.5 Å². The van der Waals surface area contributed by atoms with E-state index in [4.69, 9.17) is 4.74 Å². The van der Waals surface area contributed by atoms with Crippen LogP contribution in [-0.4, -0.2) is 19.1 Å². The van der Waals surface area contributed by atoms with Crippen molar-refractivity contribution in [2.75, 3.05) is 7.11 Å². The lowest BCUT2D eigenvalue weighted by Crippen LogP contribution is -2.34. The maximum absolute atomic E-state index is 12.8. The molecular weight excluding hydrogens is 209 g/mol. The van der Waals surface area contributed by atoms with E-state index >= 15 is 0 Å². The molecule has 1 atom stereocenters. The van der Waals surface area contributed by atoms with E-state index in [1.165, 1.54) is 19.2 Å². The third-order valence-corrected chi connectivity index (χ3v) is 2.14. The van der Waals surface area contributed by atoms with Crippen LogP contribution < -0.4 is 5.32 Å². The van der Waals surface area contributed by atoms with Crippen molar-refractivity contribution in [1.82, 2.24) is 5.32 Å². The fourth-order valence-electron chi connectivity index (χ4n) is 1.41. The number of benzene rings is 1. The van der Waals surface area contributed by atoms with Crippen LogP contribution >= 0.6 is 0 Å². The van der Waals surface area contributed by atoms with E-state index < -0.39 is 6.04 Å². The number of ether oxygens (including phenoxy) is 1. The van der Waals surface area contributed by atoms with Gasteiger partial charge >= 0.3 is 5.97 Å². The van der Waals surface area contributed by atoms with Gasteiger partial charge in [-0.2, -0.15) is 0 Å². The highest BCUT2D eigenvalue weighted by molar-refractivity contribution is 5.77. The Balaban J connectivity index is 2.91. The topological polar surface area (TPSA) is 38.3 Å². The van der Waals surface area contributed by atoms with Gasteiger partial charge < -0.3 is 4.74 Å². The molecule has 0 heterocycles. The SMILES string of the molecule is COC(=O)C(NC(C)C)c1ccc(F)cc1. The van der Waals surface area contributed by atoms with Crippen LogP contribution in [0.2, 0.25) is 0 Å². The molecule has 1 unspecified atom stereocenters. The monoisotopic (exact) mass is 225 g/mol. The number of nitrogens with one attached hydrogen (secondary N) is 1. The molecule has 1 aromatic rings. The van der Waals surface area contributed by atoms with Gasteiger partial charge in [-0.1, -0.05) is 12.1 Å². The van der Waals surface area contributed by atoms with E-state index in [1.807, 2.05) is 13.8 Å². The third kappa shape index (κ3) is 3.31. The van der Waals surface area contributed by atoms with Crippen molar-refractivity contribution in [1.29, 1.82) is 0 Å². The van der Waals surface area contributed by atoms with E-state index in [1.54, 1.807) is 12.1 Å². The smallest absolute Gasteiger partial charge is 0.327 e. The zero-order valence-electron chi connectivity index (χ0n) is 9.66. The van der Waals surface area contributed by atoms with Gasteiger partial charge in [0.15, 0.2) is 0 Å². The number of rotatable bonds is 4. The number of halogens is 1. The molecule has 88 valence electrons. The highest BCUT2D eigenvalue weighted by Gasteiger charge is 2.21. The minimum Gasteiger partial charge on any atom is -0.468 e. The molecule has 3 nitrogen and oxygen atoms in total. The van der Waals surface area contributed by atoms with Crippen molar-refractivity contribution in [3.05, 3.63) is 35.6 Å². The Bertz CT molecular complexity index is 349. The summed E-state index contributed by atoms with van der Waals surface area (Å²) in [6.45, 7) is 3.86. The predicted molar refractivity (Wildman–Crippen MR) is 59.4 cm³/mol. The van der Waals surface area contributed by atoms with E-state index in [9.17, 15) is 9.18 Å². The molecule has 1 aromatic carbocycles. The maximum atomic E-state index is 12.8. The van der Waals surface area contributed by atoms with Crippen molar-refractivity contribution in [2.45, 2.75) is 25.9 Å². The molecule has 0 saturated heterocycles. The quantitative estimate of drug-likeness (QED) is 0.797. The van der Waals surface area contributed by atoms with Gasteiger partial charge in [0.25, 0.3) is 0 Å². The van der Waals surface area contributed by atoms with E-state index in [2.05, 4.69) is 5.32 Å². The Hall–Kier alpha value is -1.42. The van der Waals surface area contributed by atoms with Crippen LogP contribution in [0.3, 0.4) is 0 Å². The zero-order chi connectivity index (χ0) is 12.1. The molecule has 0 bridgehead atoms. The van der Waals surface area contributed by atoms with Crippen LogP contribution in [0.5, 0.6) is 0 Å². The first-order valence-electron chi connectivity index (χ1n) is 5.14. The second-order valence-corrected chi connectivity index (χ2v) is 3.83. The number of hydrogen-bond donors (Lipinski definition) is 1. The average Bonchev–Trinajstić information content (AvgIpc) is 2.26. The number of carbonyl (C=O) groups excluding carboxylic acids is 1. The Labute approximate surface area is 94.6 Å². The number of esters is 1. The van der Waals surface area contributed by atoms with Crippen LogP contribution in [-0.2, 0) is 9.53 Å². The van der Waals surface area contributed by atoms with Crippen LogP contribution in [0.4, 0.5) is 4.39 Å². The minimum absolute atomic E-state index is 0.133. The molecule has 16 heavy (non-hydrogen) atoms. The molecule has 1 rings (SSSR count). The van der Waals surface area contributed by atoms with Gasteiger partial charge in [-0.15, -0.1) is 0 Å². The molecule has 4 heteroatoms. The van der Waals surface area contributed by atoms with Gasteiger partial charge in [-0.3, -0.25) is 5.32 Å². The minimum atomic E-state index is -0.550. The van der Waals surface area contributed by atoms with Crippen molar-refractivity contribution in [2.24, 2.45) is 0 Å². The van der Waals surface area contributed by atoms with Gasteiger partial charge in [0.1, 0.15) is 11.9 Å².